The van der Waals surface area contributed by atoms with Crippen molar-refractivity contribution in [3.63, 3.8) is 0 Å². The molecule has 1 amide bonds. The van der Waals surface area contributed by atoms with Crippen LogP contribution in [0.5, 0.6) is 0 Å². The third-order valence-corrected chi connectivity index (χ3v) is 4.68. The van der Waals surface area contributed by atoms with Crippen molar-refractivity contribution < 1.29 is 4.79 Å². The fraction of sp³-hybridized carbons (Fsp3) is 0.500. The Bertz CT molecular complexity index is 617. The molecule has 0 aromatic heterocycles. The van der Waals surface area contributed by atoms with Gasteiger partial charge in [0.15, 0.2) is 0 Å². The van der Waals surface area contributed by atoms with E-state index in [2.05, 4.69) is 40.3 Å². The third-order valence-electron chi connectivity index (χ3n) is 4.68. The van der Waals surface area contributed by atoms with Crippen LogP contribution in [0.3, 0.4) is 0 Å². The lowest BCUT2D eigenvalue weighted by molar-refractivity contribution is -0.118. The maximum atomic E-state index is 11.5. The summed E-state index contributed by atoms with van der Waals surface area (Å²) in [5, 5.41) is 2.81. The summed E-state index contributed by atoms with van der Waals surface area (Å²) in [5.74, 6) is 1.58. The van der Waals surface area contributed by atoms with E-state index in [0.29, 0.717) is 12.5 Å². The zero-order valence-corrected chi connectivity index (χ0v) is 12.3. The van der Waals surface area contributed by atoms with Crippen LogP contribution in [0.2, 0.25) is 0 Å². The lowest BCUT2D eigenvalue weighted by Crippen LogP contribution is -2.34. The Hall–Kier alpha value is -2.04. The van der Waals surface area contributed by atoms with E-state index in [9.17, 15) is 4.79 Å². The van der Waals surface area contributed by atoms with E-state index in [1.807, 2.05) is 4.90 Å². The maximum Gasteiger partial charge on any atom is 0.246 e. The summed E-state index contributed by atoms with van der Waals surface area (Å²) in [7, 11) is 0. The van der Waals surface area contributed by atoms with E-state index in [-0.39, 0.29) is 5.91 Å². The van der Waals surface area contributed by atoms with Crippen LogP contribution in [0.15, 0.2) is 23.2 Å². The number of aliphatic imine (C=N–C) groups is 1. The van der Waals surface area contributed by atoms with Gasteiger partial charge in [0.1, 0.15) is 6.54 Å². The molecule has 1 aromatic rings. The Morgan fingerprint density at radius 1 is 1.19 bits per heavy atom. The van der Waals surface area contributed by atoms with Crippen LogP contribution in [-0.4, -0.2) is 36.4 Å². The van der Waals surface area contributed by atoms with Crippen LogP contribution in [-0.2, 0) is 11.3 Å². The molecule has 0 unspecified atom stereocenters. The highest BCUT2D eigenvalue weighted by molar-refractivity contribution is 6.05. The average molecular weight is 284 g/mol. The number of hydrogen-bond acceptors (Lipinski definition) is 4. The van der Waals surface area contributed by atoms with Gasteiger partial charge in [0, 0.05) is 25.3 Å². The second kappa shape index (κ2) is 4.76. The van der Waals surface area contributed by atoms with E-state index < -0.39 is 0 Å². The molecular formula is C16H20N4O. The number of guanidine groups is 1. The third kappa shape index (κ3) is 2.26. The van der Waals surface area contributed by atoms with Crippen LogP contribution in [0.4, 0.5) is 11.4 Å². The van der Waals surface area contributed by atoms with Crippen LogP contribution < -0.4 is 10.2 Å². The Morgan fingerprint density at radius 2 is 2.00 bits per heavy atom. The zero-order valence-electron chi connectivity index (χ0n) is 12.3. The second-order valence-electron chi connectivity index (χ2n) is 6.32. The summed E-state index contributed by atoms with van der Waals surface area (Å²) >= 11 is 0. The number of carbonyl (C=O) groups excluding carboxylic acids is 1. The molecule has 1 aromatic carbocycles. The van der Waals surface area contributed by atoms with Gasteiger partial charge in [-0.3, -0.25) is 10.1 Å². The van der Waals surface area contributed by atoms with Gasteiger partial charge in [0.05, 0.1) is 5.69 Å². The molecule has 0 radical (unpaired) electrons. The molecule has 21 heavy (non-hydrogen) atoms. The van der Waals surface area contributed by atoms with Crippen molar-refractivity contribution >= 4 is 23.2 Å². The lowest BCUT2D eigenvalue weighted by atomic mass is 9.98. The van der Waals surface area contributed by atoms with Gasteiger partial charge in [-0.25, -0.2) is 4.99 Å². The molecule has 0 atom stereocenters. The van der Waals surface area contributed by atoms with Crippen LogP contribution in [0.25, 0.3) is 0 Å². The van der Waals surface area contributed by atoms with Crippen LogP contribution in [0, 0.1) is 5.92 Å². The van der Waals surface area contributed by atoms with Gasteiger partial charge in [0.2, 0.25) is 11.9 Å². The standard InChI is InChI=1S/C16H20N4O/c1-11-4-6-19(7-5-11)13-2-3-14-12(8-13)9-20-10-15(21)18-16(20)17-14/h2-3,8,11H,4-7,9-10H2,1H3,(H,17,18,21). The van der Waals surface area contributed by atoms with Gasteiger partial charge in [-0.05, 0) is 42.5 Å². The van der Waals surface area contributed by atoms with Crippen LogP contribution >= 0.6 is 0 Å². The molecule has 1 N–H and O–H groups in total. The molecule has 2 fully saturated rings. The molecule has 0 spiro atoms. The highest BCUT2D eigenvalue weighted by Gasteiger charge is 2.29. The van der Waals surface area contributed by atoms with E-state index >= 15 is 0 Å². The number of carbonyl (C=O) groups is 1. The van der Waals surface area contributed by atoms with Crippen molar-refractivity contribution in [2.24, 2.45) is 10.9 Å². The SMILES string of the molecule is CC1CCN(c2ccc3c(c2)CN2CC(=O)NC2=N3)CC1. The lowest BCUT2D eigenvalue weighted by Gasteiger charge is -2.33. The number of piperidine rings is 1. The summed E-state index contributed by atoms with van der Waals surface area (Å²) in [5.41, 5.74) is 3.49. The van der Waals surface area contributed by atoms with Crippen molar-refractivity contribution in [2.75, 3.05) is 24.5 Å². The van der Waals surface area contributed by atoms with Gasteiger partial charge >= 0.3 is 0 Å². The molecular weight excluding hydrogens is 264 g/mol. The highest BCUT2D eigenvalue weighted by atomic mass is 16.2. The molecule has 0 saturated carbocycles. The zero-order chi connectivity index (χ0) is 14.4. The molecule has 110 valence electrons. The van der Waals surface area contributed by atoms with Gasteiger partial charge in [0.25, 0.3) is 0 Å². The normalized spacial score (nSPS) is 21.8. The Morgan fingerprint density at radius 3 is 2.81 bits per heavy atom. The van der Waals surface area contributed by atoms with E-state index in [0.717, 1.165) is 31.2 Å². The number of nitrogens with one attached hydrogen (secondary N) is 1. The van der Waals surface area contributed by atoms with Gasteiger partial charge in [-0.2, -0.15) is 0 Å². The first-order valence-corrected chi connectivity index (χ1v) is 7.70. The minimum absolute atomic E-state index is 0.0341. The largest absolute Gasteiger partial charge is 0.372 e. The van der Waals surface area contributed by atoms with Crippen molar-refractivity contribution in [2.45, 2.75) is 26.3 Å². The topological polar surface area (TPSA) is 47.9 Å². The number of fused-ring (bicyclic) bond motifs is 2. The summed E-state index contributed by atoms with van der Waals surface area (Å²) in [4.78, 5) is 20.5. The first-order chi connectivity index (χ1) is 10.2. The fourth-order valence-corrected chi connectivity index (χ4v) is 3.31. The van der Waals surface area contributed by atoms with Crippen molar-refractivity contribution in [3.05, 3.63) is 23.8 Å². The van der Waals surface area contributed by atoms with Crippen molar-refractivity contribution in [3.8, 4) is 0 Å². The smallest absolute Gasteiger partial charge is 0.246 e. The molecule has 3 aliphatic rings. The Balaban J connectivity index is 1.59. The van der Waals surface area contributed by atoms with Gasteiger partial charge < -0.3 is 9.80 Å². The summed E-state index contributed by atoms with van der Waals surface area (Å²) in [6.45, 7) is 5.79. The van der Waals surface area contributed by atoms with Crippen LogP contribution in [0.1, 0.15) is 25.3 Å². The second-order valence-corrected chi connectivity index (χ2v) is 6.32. The predicted molar refractivity (Wildman–Crippen MR) is 82.7 cm³/mol. The molecule has 0 bridgehead atoms. The predicted octanol–water partition coefficient (Wildman–Crippen LogP) is 1.86. The van der Waals surface area contributed by atoms with Gasteiger partial charge in [-0.15, -0.1) is 0 Å². The fourth-order valence-electron chi connectivity index (χ4n) is 3.31. The van der Waals surface area contributed by atoms with Crippen molar-refractivity contribution in [1.82, 2.24) is 10.2 Å². The number of amides is 1. The average Bonchev–Trinajstić information content (AvgIpc) is 2.84. The minimum atomic E-state index is 0.0341. The molecule has 3 heterocycles. The van der Waals surface area contributed by atoms with E-state index in [1.54, 1.807) is 0 Å². The number of rotatable bonds is 1. The number of hydrogen-bond donors (Lipinski definition) is 1. The first kappa shape index (κ1) is 12.7. The highest BCUT2D eigenvalue weighted by Crippen LogP contribution is 2.32. The number of anilines is 1. The Kier molecular flexibility index (Phi) is 2.87. The first-order valence-electron chi connectivity index (χ1n) is 7.70. The van der Waals surface area contributed by atoms with Gasteiger partial charge in [-0.1, -0.05) is 6.92 Å². The molecule has 4 rings (SSSR count). The molecule has 2 saturated heterocycles. The molecule has 3 aliphatic heterocycles. The summed E-state index contributed by atoms with van der Waals surface area (Å²) in [6, 6.07) is 6.48. The van der Waals surface area contributed by atoms with Crippen molar-refractivity contribution in [1.29, 1.82) is 0 Å². The Labute approximate surface area is 124 Å². The van der Waals surface area contributed by atoms with E-state index in [1.165, 1.54) is 24.1 Å². The molecule has 5 heteroatoms. The summed E-state index contributed by atoms with van der Waals surface area (Å²) in [6.07, 6.45) is 2.54. The summed E-state index contributed by atoms with van der Waals surface area (Å²) < 4.78 is 0. The number of benzene rings is 1. The molecule has 5 nitrogen and oxygen atoms in total. The quantitative estimate of drug-likeness (QED) is 0.856. The molecule has 0 aliphatic carbocycles. The minimum Gasteiger partial charge on any atom is -0.372 e. The monoisotopic (exact) mass is 284 g/mol. The van der Waals surface area contributed by atoms with E-state index in [4.69, 9.17) is 0 Å². The maximum absolute atomic E-state index is 11.5. The number of nitrogens with zero attached hydrogens (tertiary/aromatic N) is 3.